The van der Waals surface area contributed by atoms with Crippen molar-refractivity contribution < 1.29 is 0 Å². The summed E-state index contributed by atoms with van der Waals surface area (Å²) in [6, 6.07) is 0. The van der Waals surface area contributed by atoms with Crippen LogP contribution in [0.15, 0.2) is 0 Å². The van der Waals surface area contributed by atoms with E-state index in [1.54, 1.807) is 0 Å². The summed E-state index contributed by atoms with van der Waals surface area (Å²) in [5, 5.41) is 3.35. The van der Waals surface area contributed by atoms with Crippen molar-refractivity contribution in [2.75, 3.05) is 19.6 Å². The Hall–Kier alpha value is -0.0800. The van der Waals surface area contributed by atoms with E-state index in [4.69, 9.17) is 0 Å². The van der Waals surface area contributed by atoms with Crippen molar-refractivity contribution in [3.63, 3.8) is 0 Å². The predicted octanol–water partition coefficient (Wildman–Crippen LogP) is 0.258. The van der Waals surface area contributed by atoms with Crippen LogP contribution in [0.5, 0.6) is 0 Å². The van der Waals surface area contributed by atoms with Crippen molar-refractivity contribution in [1.82, 2.24) is 10.2 Å². The molecule has 1 aliphatic rings. The normalized spacial score (nSPS) is 31.5. The Bertz CT molecular complexity index is 72.9. The first-order valence-corrected chi connectivity index (χ1v) is 3.32. The number of hydrogen-bond acceptors (Lipinski definition) is 2. The van der Waals surface area contributed by atoms with Crippen molar-refractivity contribution in [2.24, 2.45) is 0 Å². The second-order valence-electron chi connectivity index (χ2n) is 2.26. The van der Waals surface area contributed by atoms with Gasteiger partial charge in [0.25, 0.3) is 0 Å². The van der Waals surface area contributed by atoms with Crippen molar-refractivity contribution in [3.8, 4) is 0 Å². The summed E-state index contributed by atoms with van der Waals surface area (Å²) in [6.07, 6.45) is 0.611. The van der Waals surface area contributed by atoms with Gasteiger partial charge in [-0.25, -0.2) is 0 Å². The Balaban J connectivity index is 2.30. The third kappa shape index (κ3) is 1.01. The van der Waals surface area contributed by atoms with Gasteiger partial charge in [-0.1, -0.05) is 6.92 Å². The zero-order valence-electron chi connectivity index (χ0n) is 5.65. The summed E-state index contributed by atoms with van der Waals surface area (Å²) >= 11 is 0. The molecule has 1 N–H and O–H groups in total. The maximum absolute atomic E-state index is 3.35. The van der Waals surface area contributed by atoms with Crippen molar-refractivity contribution in [2.45, 2.75) is 20.0 Å². The van der Waals surface area contributed by atoms with Gasteiger partial charge in [-0.15, -0.1) is 0 Å². The Labute approximate surface area is 50.9 Å². The Morgan fingerprint density at radius 2 is 2.50 bits per heavy atom. The molecule has 0 aliphatic carbocycles. The van der Waals surface area contributed by atoms with Crippen molar-refractivity contribution in [1.29, 1.82) is 0 Å². The van der Waals surface area contributed by atoms with E-state index in [9.17, 15) is 0 Å². The van der Waals surface area contributed by atoms with Crippen LogP contribution >= 0.6 is 0 Å². The first kappa shape index (κ1) is 6.05. The van der Waals surface area contributed by atoms with E-state index in [1.807, 2.05) is 0 Å². The summed E-state index contributed by atoms with van der Waals surface area (Å²) in [5.41, 5.74) is 0. The molecule has 0 amide bonds. The quantitative estimate of drug-likeness (QED) is 0.526. The van der Waals surface area contributed by atoms with Crippen LogP contribution in [0, 0.1) is 0 Å². The second-order valence-corrected chi connectivity index (χ2v) is 2.26. The van der Waals surface area contributed by atoms with Gasteiger partial charge >= 0.3 is 0 Å². The molecule has 1 saturated heterocycles. The summed E-state index contributed by atoms with van der Waals surface area (Å²) in [4.78, 5) is 2.42. The smallest absolute Gasteiger partial charge is 0.0568 e. The van der Waals surface area contributed by atoms with Gasteiger partial charge < -0.3 is 5.32 Å². The van der Waals surface area contributed by atoms with Crippen LogP contribution in [-0.4, -0.2) is 30.7 Å². The molecular weight excluding hydrogens is 100 g/mol. The predicted molar refractivity (Wildman–Crippen MR) is 34.7 cm³/mol. The highest BCUT2D eigenvalue weighted by Crippen LogP contribution is 1.99. The first-order valence-electron chi connectivity index (χ1n) is 3.32. The number of nitrogens with zero attached hydrogens (tertiary/aromatic N) is 1. The fraction of sp³-hybridized carbons (Fsp3) is 1.00. The van der Waals surface area contributed by atoms with Crippen molar-refractivity contribution >= 4 is 0 Å². The Morgan fingerprint density at radius 3 is 2.75 bits per heavy atom. The average Bonchev–Trinajstić information content (AvgIpc) is 2.14. The van der Waals surface area contributed by atoms with Gasteiger partial charge in [0.15, 0.2) is 0 Å². The fourth-order valence-corrected chi connectivity index (χ4v) is 1.17. The molecule has 48 valence electrons. The SMILES string of the molecule is CCN1CCNC1C. The van der Waals surface area contributed by atoms with E-state index in [-0.39, 0.29) is 0 Å². The van der Waals surface area contributed by atoms with Crippen LogP contribution < -0.4 is 5.32 Å². The van der Waals surface area contributed by atoms with E-state index in [2.05, 4.69) is 24.1 Å². The van der Waals surface area contributed by atoms with Gasteiger partial charge in [0.2, 0.25) is 0 Å². The molecule has 0 radical (unpaired) electrons. The maximum atomic E-state index is 3.35. The van der Waals surface area contributed by atoms with Crippen LogP contribution in [0.2, 0.25) is 0 Å². The summed E-state index contributed by atoms with van der Waals surface area (Å²) < 4.78 is 0. The zero-order valence-corrected chi connectivity index (χ0v) is 5.65. The zero-order chi connectivity index (χ0) is 5.98. The minimum atomic E-state index is 0.611. The molecule has 1 aliphatic heterocycles. The lowest BCUT2D eigenvalue weighted by Crippen LogP contribution is -2.32. The number of nitrogens with one attached hydrogen (secondary N) is 1. The van der Waals surface area contributed by atoms with Crippen LogP contribution in [0.25, 0.3) is 0 Å². The van der Waals surface area contributed by atoms with Gasteiger partial charge in [-0.3, -0.25) is 4.90 Å². The lowest BCUT2D eigenvalue weighted by atomic mass is 10.5. The van der Waals surface area contributed by atoms with E-state index < -0.39 is 0 Å². The molecule has 1 fully saturated rings. The highest BCUT2D eigenvalue weighted by atomic mass is 15.3. The van der Waals surface area contributed by atoms with Crippen LogP contribution in [0.3, 0.4) is 0 Å². The first-order chi connectivity index (χ1) is 3.84. The Morgan fingerprint density at radius 1 is 1.75 bits per heavy atom. The number of rotatable bonds is 1. The topological polar surface area (TPSA) is 15.3 Å². The third-order valence-corrected chi connectivity index (χ3v) is 1.79. The molecule has 2 heteroatoms. The fourth-order valence-electron chi connectivity index (χ4n) is 1.17. The second kappa shape index (κ2) is 2.46. The van der Waals surface area contributed by atoms with Crippen LogP contribution in [0.4, 0.5) is 0 Å². The average molecular weight is 114 g/mol. The third-order valence-electron chi connectivity index (χ3n) is 1.79. The lowest BCUT2D eigenvalue weighted by molar-refractivity contribution is 0.271. The molecule has 0 spiro atoms. The molecule has 0 aromatic heterocycles. The largest absolute Gasteiger partial charge is 0.301 e. The van der Waals surface area contributed by atoms with Gasteiger partial charge in [0, 0.05) is 13.1 Å². The van der Waals surface area contributed by atoms with Crippen LogP contribution in [0.1, 0.15) is 13.8 Å². The van der Waals surface area contributed by atoms with Gasteiger partial charge in [-0.2, -0.15) is 0 Å². The molecule has 0 bridgehead atoms. The van der Waals surface area contributed by atoms with Gasteiger partial charge in [0.1, 0.15) is 0 Å². The van der Waals surface area contributed by atoms with Crippen molar-refractivity contribution in [3.05, 3.63) is 0 Å². The minimum Gasteiger partial charge on any atom is -0.301 e. The monoisotopic (exact) mass is 114 g/mol. The molecule has 0 aromatic rings. The molecule has 1 rings (SSSR count). The molecule has 8 heavy (non-hydrogen) atoms. The highest BCUT2D eigenvalue weighted by molar-refractivity contribution is 4.71. The molecule has 2 nitrogen and oxygen atoms in total. The summed E-state index contributed by atoms with van der Waals surface area (Å²) in [5.74, 6) is 0. The standard InChI is InChI=1S/C6H14N2/c1-3-8-5-4-7-6(8)2/h6-7H,3-5H2,1-2H3. The van der Waals surface area contributed by atoms with E-state index in [1.165, 1.54) is 13.1 Å². The Kier molecular flexibility index (Phi) is 1.86. The summed E-state index contributed by atoms with van der Waals surface area (Å²) in [7, 11) is 0. The van der Waals surface area contributed by atoms with Crippen LogP contribution in [-0.2, 0) is 0 Å². The van der Waals surface area contributed by atoms with Gasteiger partial charge in [-0.05, 0) is 13.5 Å². The minimum absolute atomic E-state index is 0.611. The van der Waals surface area contributed by atoms with E-state index in [0.717, 1.165) is 6.54 Å². The molecule has 0 saturated carbocycles. The molecular formula is C6H14N2. The number of likely N-dealkylation sites (N-methyl/N-ethyl adjacent to an activating group) is 1. The number of hydrogen-bond donors (Lipinski definition) is 1. The van der Waals surface area contributed by atoms with Gasteiger partial charge in [0.05, 0.1) is 6.17 Å². The molecule has 1 unspecified atom stereocenters. The molecule has 0 aromatic carbocycles. The van der Waals surface area contributed by atoms with E-state index >= 15 is 0 Å². The molecule has 1 heterocycles. The summed E-state index contributed by atoms with van der Waals surface area (Å²) in [6.45, 7) is 7.96. The van der Waals surface area contributed by atoms with E-state index in [0.29, 0.717) is 6.17 Å². The lowest BCUT2D eigenvalue weighted by Gasteiger charge is -2.16. The highest BCUT2D eigenvalue weighted by Gasteiger charge is 2.15. The maximum Gasteiger partial charge on any atom is 0.0568 e. The molecule has 1 atom stereocenters.